The number of ether oxygens (including phenoxy) is 1. The predicted octanol–water partition coefficient (Wildman–Crippen LogP) is 1.43. The molecule has 27 heavy (non-hydrogen) atoms. The number of rotatable bonds is 1. The molecule has 0 amide bonds. The zero-order valence-electron chi connectivity index (χ0n) is 14.2. The Labute approximate surface area is 197 Å². The number of fused-ring (bicyclic) bond motifs is 5. The van der Waals surface area contributed by atoms with Gasteiger partial charge in [-0.05, 0) is 24.6 Å². The maximum atomic E-state index is 13.0. The van der Waals surface area contributed by atoms with E-state index in [0.717, 1.165) is 22.2 Å². The van der Waals surface area contributed by atoms with E-state index in [1.165, 1.54) is 0 Å². The van der Waals surface area contributed by atoms with Crippen molar-refractivity contribution in [3.8, 4) is 11.4 Å². The van der Waals surface area contributed by atoms with Gasteiger partial charge in [0.25, 0.3) is 5.56 Å². The van der Waals surface area contributed by atoms with Gasteiger partial charge in [-0.1, -0.05) is 25.1 Å². The number of para-hydroxylation sites is 1. The number of aliphatic hydroxyl groups is 1. The quantitative estimate of drug-likeness (QED) is 0.394. The second-order valence-electron chi connectivity index (χ2n) is 6.79. The third-order valence-corrected chi connectivity index (χ3v) is 5.42. The van der Waals surface area contributed by atoms with E-state index in [9.17, 15) is 14.7 Å². The molecular weight excluding hydrogens is 371 g/mol. The van der Waals surface area contributed by atoms with Gasteiger partial charge in [-0.25, -0.2) is 9.78 Å². The first-order valence-electron chi connectivity index (χ1n) is 8.59. The first-order valence-corrected chi connectivity index (χ1v) is 8.59. The predicted molar refractivity (Wildman–Crippen MR) is 102 cm³/mol. The summed E-state index contributed by atoms with van der Waals surface area (Å²) in [5.74, 6) is -0.707. The number of hydrogen-bond acceptors (Lipinski definition) is 5. The van der Waals surface area contributed by atoms with Crippen molar-refractivity contribution >= 4 is 68.3 Å². The van der Waals surface area contributed by atoms with Gasteiger partial charge in [-0.15, -0.1) is 0 Å². The Hall–Kier alpha value is -1.35. The summed E-state index contributed by atoms with van der Waals surface area (Å²) in [5.41, 5.74) is 1.81. The molecule has 0 saturated carbocycles. The molecule has 3 aromatic rings. The van der Waals surface area contributed by atoms with E-state index in [0.29, 0.717) is 23.4 Å². The molecule has 1 N–H and O–H groups in total. The van der Waals surface area contributed by atoms with E-state index in [-0.39, 0.29) is 70.0 Å². The van der Waals surface area contributed by atoms with Gasteiger partial charge >= 0.3 is 57.4 Å². The number of nitrogens with zero attached hydrogens (tertiary/aromatic N) is 2. The Bertz CT molecular complexity index is 1170. The fourth-order valence-corrected chi connectivity index (χ4v) is 3.93. The van der Waals surface area contributed by atoms with Crippen molar-refractivity contribution in [2.75, 3.05) is 0 Å². The van der Waals surface area contributed by atoms with Crippen molar-refractivity contribution < 1.29 is 14.6 Å². The summed E-state index contributed by atoms with van der Waals surface area (Å²) in [6.45, 7) is 2.01. The third kappa shape index (κ3) is 2.61. The Morgan fingerprint density at radius 3 is 2.81 bits per heavy atom. The molecule has 2 aliphatic heterocycles. The molecule has 1 atom stereocenters. The van der Waals surface area contributed by atoms with Gasteiger partial charge in [-0.2, -0.15) is 0 Å². The monoisotopic (exact) mass is 388 g/mol. The van der Waals surface area contributed by atoms with E-state index in [4.69, 9.17) is 9.72 Å². The molecule has 2 aliphatic rings. The van der Waals surface area contributed by atoms with Gasteiger partial charge in [-0.3, -0.25) is 4.79 Å². The molecule has 132 valence electrons. The van der Waals surface area contributed by atoms with Crippen LogP contribution in [-0.4, -0.2) is 72.0 Å². The average Bonchev–Trinajstić information content (AvgIpc) is 3.01. The summed E-state index contributed by atoms with van der Waals surface area (Å²) in [7, 11) is 0. The van der Waals surface area contributed by atoms with Crippen molar-refractivity contribution in [2.24, 2.45) is 0 Å². The Morgan fingerprint density at radius 2 is 2.04 bits per heavy atom. The van der Waals surface area contributed by atoms with Crippen LogP contribution in [0.2, 0.25) is 0 Å². The van der Waals surface area contributed by atoms with E-state index in [1.807, 2.05) is 30.3 Å². The number of cyclic esters (lactones) is 1. The fraction of sp³-hybridized carbons (Fsp3) is 0.250. The number of benzene rings is 1. The number of hydrogen-bond donors (Lipinski definition) is 1. The zero-order chi connectivity index (χ0) is 18.1. The van der Waals surface area contributed by atoms with Gasteiger partial charge in [0.2, 0.25) is 0 Å². The molecule has 0 bridgehead atoms. The summed E-state index contributed by atoms with van der Waals surface area (Å²) in [4.78, 5) is 29.9. The van der Waals surface area contributed by atoms with Crippen molar-refractivity contribution in [2.45, 2.75) is 32.1 Å². The first kappa shape index (κ1) is 19.0. The second-order valence-corrected chi connectivity index (χ2v) is 6.79. The van der Waals surface area contributed by atoms with Gasteiger partial charge < -0.3 is 14.4 Å². The van der Waals surface area contributed by atoms with E-state index < -0.39 is 11.6 Å². The minimum absolute atomic E-state index is 0. The molecule has 0 radical (unpaired) electrons. The molecule has 7 heteroatoms. The zero-order valence-corrected chi connectivity index (χ0v) is 14.2. The van der Waals surface area contributed by atoms with E-state index in [2.05, 4.69) is 0 Å². The topological polar surface area (TPSA) is 81.4 Å². The van der Waals surface area contributed by atoms with Crippen LogP contribution in [0, 0.1) is 0 Å². The fourth-order valence-electron chi connectivity index (χ4n) is 3.93. The van der Waals surface area contributed by atoms with E-state index >= 15 is 0 Å². The minimum atomic E-state index is -1.79. The van der Waals surface area contributed by atoms with Gasteiger partial charge in [0.1, 0.15) is 6.61 Å². The molecule has 4 heterocycles. The van der Waals surface area contributed by atoms with Crippen molar-refractivity contribution in [1.82, 2.24) is 9.55 Å². The van der Waals surface area contributed by atoms with Crippen LogP contribution in [0.1, 0.15) is 30.0 Å². The van der Waals surface area contributed by atoms with Crippen molar-refractivity contribution in [1.29, 1.82) is 0 Å². The van der Waals surface area contributed by atoms with Crippen LogP contribution in [0.3, 0.4) is 0 Å². The Morgan fingerprint density at radius 1 is 1.26 bits per heavy atom. The van der Waals surface area contributed by atoms with Crippen LogP contribution in [0.5, 0.6) is 0 Å². The summed E-state index contributed by atoms with van der Waals surface area (Å²) in [6.07, 6.45) is 0.139. The molecule has 0 aliphatic carbocycles. The number of pyridine rings is 2. The summed E-state index contributed by atoms with van der Waals surface area (Å²) in [5, 5.41) is 11.8. The summed E-state index contributed by atoms with van der Waals surface area (Å²) < 4.78 is 6.72. The normalized spacial score (nSPS) is 19.7. The Balaban J connectivity index is 0.00000180. The molecule has 0 spiro atoms. The van der Waals surface area contributed by atoms with Gasteiger partial charge in [0.15, 0.2) is 5.60 Å². The number of esters is 1. The number of carbonyl (C=O) groups is 1. The first-order chi connectivity index (χ1) is 12.5. The van der Waals surface area contributed by atoms with Crippen LogP contribution >= 0.6 is 0 Å². The third-order valence-electron chi connectivity index (χ3n) is 5.42. The molecule has 1 aromatic carbocycles. The van der Waals surface area contributed by atoms with Crippen LogP contribution in [0.4, 0.5) is 0 Å². The molecule has 0 unspecified atom stereocenters. The Kier molecular flexibility index (Phi) is 4.65. The van der Waals surface area contributed by atoms with Crippen LogP contribution in [0.15, 0.2) is 41.2 Å². The van der Waals surface area contributed by atoms with Crippen LogP contribution in [0.25, 0.3) is 22.3 Å². The van der Waals surface area contributed by atoms with Gasteiger partial charge in [0.05, 0.1) is 29.0 Å². The average molecular weight is 388 g/mol. The van der Waals surface area contributed by atoms with Crippen LogP contribution in [-0.2, 0) is 28.3 Å². The molecule has 0 fully saturated rings. The molecule has 6 nitrogen and oxygen atoms in total. The van der Waals surface area contributed by atoms with Crippen molar-refractivity contribution in [3.63, 3.8) is 0 Å². The SMILES string of the molecule is CC[C@@]1(O)C(=O)OCc2c1cc1n(c2=O)Cc2cc3ccccc3nc2-1.[KH]. The summed E-state index contributed by atoms with van der Waals surface area (Å²) >= 11 is 0. The molecule has 0 saturated heterocycles. The van der Waals surface area contributed by atoms with E-state index in [1.54, 1.807) is 17.6 Å². The second kappa shape index (κ2) is 6.61. The number of aromatic nitrogens is 2. The molecule has 5 rings (SSSR count). The maximum absolute atomic E-state index is 13.0. The molecular formula is C20H17KN2O4. The standard InChI is InChI=1S/C20H16N2O4.K.H/c1-2-20(25)14-8-16-17-12(7-11-5-3-4-6-15(11)21-17)9-22(16)18(23)13(14)10-26-19(20)24;;/h3-8,25H,2,9-10H2,1H3;;/t20-;;/m0../s1. The van der Waals surface area contributed by atoms with Crippen LogP contribution < -0.4 is 5.56 Å². The van der Waals surface area contributed by atoms with Crippen molar-refractivity contribution in [3.05, 3.63) is 63.4 Å². The summed E-state index contributed by atoms with van der Waals surface area (Å²) in [6, 6.07) is 11.6. The van der Waals surface area contributed by atoms with Gasteiger partial charge in [0, 0.05) is 16.5 Å². The number of carbonyl (C=O) groups excluding carboxylic acids is 1. The molecule has 2 aromatic heterocycles.